The Morgan fingerprint density at radius 2 is 2.22 bits per heavy atom. The zero-order chi connectivity index (χ0) is 16.9. The Kier molecular flexibility index (Phi) is 5.61. The molecule has 1 aliphatic rings. The average Bonchev–Trinajstić information content (AvgIpc) is 2.66. The van der Waals surface area contributed by atoms with Gasteiger partial charge in [0.1, 0.15) is 0 Å². The first-order valence-electron chi connectivity index (χ1n) is 7.65. The van der Waals surface area contributed by atoms with Gasteiger partial charge < -0.3 is 10.2 Å². The number of carbonyl (C=O) groups is 1. The van der Waals surface area contributed by atoms with Crippen LogP contribution in [0.2, 0.25) is 0 Å². The number of amides is 2. The number of nitrogens with zero attached hydrogens (tertiary/aromatic N) is 2. The molecule has 124 valence electrons. The van der Waals surface area contributed by atoms with Gasteiger partial charge in [-0.1, -0.05) is 12.1 Å². The quantitative estimate of drug-likeness (QED) is 0.902. The zero-order valence-electron chi connectivity index (χ0n) is 13.2. The summed E-state index contributed by atoms with van der Waals surface area (Å²) in [6.45, 7) is 2.56. The van der Waals surface area contributed by atoms with Gasteiger partial charge in [-0.05, 0) is 37.5 Å². The van der Waals surface area contributed by atoms with Crippen molar-refractivity contribution in [3.8, 4) is 6.07 Å². The zero-order valence-corrected chi connectivity index (χ0v) is 14.0. The van der Waals surface area contributed by atoms with Crippen LogP contribution in [0.5, 0.6) is 0 Å². The summed E-state index contributed by atoms with van der Waals surface area (Å²) in [6, 6.07) is 9.03. The van der Waals surface area contributed by atoms with E-state index >= 15 is 0 Å². The van der Waals surface area contributed by atoms with Crippen LogP contribution in [0, 0.1) is 11.3 Å². The van der Waals surface area contributed by atoms with Crippen LogP contribution in [0.15, 0.2) is 24.3 Å². The van der Waals surface area contributed by atoms with Crippen LogP contribution >= 0.6 is 0 Å². The topological polar surface area (TPSA) is 90.3 Å². The van der Waals surface area contributed by atoms with Gasteiger partial charge in [0.2, 0.25) is 0 Å². The van der Waals surface area contributed by atoms with Gasteiger partial charge in [-0.2, -0.15) is 5.26 Å². The Hall–Kier alpha value is -2.07. The van der Waals surface area contributed by atoms with Crippen molar-refractivity contribution in [2.24, 2.45) is 0 Å². The molecule has 1 aliphatic heterocycles. The fourth-order valence-electron chi connectivity index (χ4n) is 2.58. The molecule has 1 atom stereocenters. The molecule has 0 bridgehead atoms. The lowest BCUT2D eigenvalue weighted by atomic mass is 10.1. The van der Waals surface area contributed by atoms with Gasteiger partial charge in [0.15, 0.2) is 9.84 Å². The highest BCUT2D eigenvalue weighted by Crippen LogP contribution is 2.12. The molecule has 1 N–H and O–H groups in total. The lowest BCUT2D eigenvalue weighted by Gasteiger charge is -2.26. The fraction of sp³-hybridized carbons (Fsp3) is 0.500. The van der Waals surface area contributed by atoms with E-state index < -0.39 is 9.84 Å². The van der Waals surface area contributed by atoms with Crippen molar-refractivity contribution in [3.63, 3.8) is 0 Å². The Labute approximate surface area is 137 Å². The molecule has 2 amide bonds. The molecule has 0 aromatic heterocycles. The molecule has 23 heavy (non-hydrogen) atoms. The molecule has 1 aromatic carbocycles. The van der Waals surface area contributed by atoms with Crippen molar-refractivity contribution >= 4 is 15.9 Å². The van der Waals surface area contributed by atoms with Crippen LogP contribution in [0.3, 0.4) is 0 Å². The van der Waals surface area contributed by atoms with Gasteiger partial charge in [0.25, 0.3) is 0 Å². The lowest BCUT2D eigenvalue weighted by molar-refractivity contribution is 0.183. The van der Waals surface area contributed by atoms with E-state index in [4.69, 9.17) is 5.26 Å². The molecular formula is C16H21N3O3S. The number of hydrogen-bond acceptors (Lipinski definition) is 4. The summed E-state index contributed by atoms with van der Waals surface area (Å²) >= 11 is 0. The average molecular weight is 335 g/mol. The van der Waals surface area contributed by atoms with Crippen molar-refractivity contribution in [1.29, 1.82) is 5.26 Å². The van der Waals surface area contributed by atoms with Gasteiger partial charge in [0, 0.05) is 19.1 Å². The third-order valence-electron chi connectivity index (χ3n) is 4.03. The second-order valence-electron chi connectivity index (χ2n) is 5.78. The highest BCUT2D eigenvalue weighted by Gasteiger charge is 2.27. The van der Waals surface area contributed by atoms with E-state index in [1.54, 1.807) is 17.0 Å². The van der Waals surface area contributed by atoms with Crippen LogP contribution in [-0.4, -0.2) is 50.0 Å². The van der Waals surface area contributed by atoms with Gasteiger partial charge in [-0.15, -0.1) is 0 Å². The molecule has 0 spiro atoms. The maximum absolute atomic E-state index is 12.3. The molecule has 0 saturated carbocycles. The molecule has 6 nitrogen and oxygen atoms in total. The molecule has 1 aromatic rings. The first-order chi connectivity index (χ1) is 10.9. The van der Waals surface area contributed by atoms with Crippen molar-refractivity contribution in [3.05, 3.63) is 35.4 Å². The number of hydrogen-bond donors (Lipinski definition) is 1. The minimum Gasteiger partial charge on any atom is -0.338 e. The fourth-order valence-corrected chi connectivity index (χ4v) is 3.96. The predicted molar refractivity (Wildman–Crippen MR) is 87.7 cm³/mol. The summed E-state index contributed by atoms with van der Waals surface area (Å²) in [5, 5.41) is 11.7. The van der Waals surface area contributed by atoms with Crippen LogP contribution < -0.4 is 5.32 Å². The lowest BCUT2D eigenvalue weighted by Crippen LogP contribution is -2.46. The monoisotopic (exact) mass is 335 g/mol. The van der Waals surface area contributed by atoms with Crippen molar-refractivity contribution in [1.82, 2.24) is 10.2 Å². The largest absolute Gasteiger partial charge is 0.338 e. The highest BCUT2D eigenvalue weighted by atomic mass is 32.2. The van der Waals surface area contributed by atoms with E-state index in [0.717, 1.165) is 5.56 Å². The number of rotatable bonds is 3. The number of carbonyl (C=O) groups excluding carboxylic acids is 1. The van der Waals surface area contributed by atoms with E-state index in [2.05, 4.69) is 11.4 Å². The molecule has 1 heterocycles. The van der Waals surface area contributed by atoms with Gasteiger partial charge in [-0.25, -0.2) is 13.2 Å². The third kappa shape index (κ3) is 4.96. The smallest absolute Gasteiger partial charge is 0.317 e. The van der Waals surface area contributed by atoms with Crippen molar-refractivity contribution in [2.45, 2.75) is 25.8 Å². The molecule has 0 aliphatic carbocycles. The molecule has 7 heteroatoms. The number of benzene rings is 1. The van der Waals surface area contributed by atoms with Gasteiger partial charge in [0.05, 0.1) is 23.1 Å². The van der Waals surface area contributed by atoms with Crippen molar-refractivity contribution in [2.75, 3.05) is 24.6 Å². The second-order valence-corrected chi connectivity index (χ2v) is 8.08. The molecule has 1 saturated heterocycles. The van der Waals surface area contributed by atoms with Crippen LogP contribution in [0.25, 0.3) is 0 Å². The molecule has 1 fully saturated rings. The minimum absolute atomic E-state index is 0.0228. The van der Waals surface area contributed by atoms with E-state index in [-0.39, 0.29) is 30.1 Å². The van der Waals surface area contributed by atoms with Gasteiger partial charge >= 0.3 is 6.03 Å². The predicted octanol–water partition coefficient (Wildman–Crippen LogP) is 1.32. The molecule has 2 rings (SSSR count). The normalized spacial score (nSPS) is 20.3. The molecular weight excluding hydrogens is 314 g/mol. The Morgan fingerprint density at radius 3 is 2.96 bits per heavy atom. The summed E-state index contributed by atoms with van der Waals surface area (Å²) in [5.41, 5.74) is 1.58. The van der Waals surface area contributed by atoms with Crippen LogP contribution in [-0.2, 0) is 16.3 Å². The second kappa shape index (κ2) is 7.47. The van der Waals surface area contributed by atoms with E-state index in [9.17, 15) is 13.2 Å². The van der Waals surface area contributed by atoms with E-state index in [1.807, 2.05) is 19.1 Å². The number of urea groups is 1. The third-order valence-corrected chi connectivity index (χ3v) is 5.69. The summed E-state index contributed by atoms with van der Waals surface area (Å²) in [4.78, 5) is 13.8. The first-order valence-corrected chi connectivity index (χ1v) is 9.47. The Morgan fingerprint density at radius 1 is 1.43 bits per heavy atom. The van der Waals surface area contributed by atoms with E-state index in [1.165, 1.54) is 0 Å². The summed E-state index contributed by atoms with van der Waals surface area (Å²) < 4.78 is 23.3. The van der Waals surface area contributed by atoms with Gasteiger partial charge in [-0.3, -0.25) is 0 Å². The number of nitrogens with one attached hydrogen (secondary N) is 1. The minimum atomic E-state index is -3.04. The standard InChI is InChI=1S/C16H21N3O3S/c1-13-6-9-23(21,22)10-8-19(13)16(20)18-7-5-14-3-2-4-15(11-14)12-17/h2-4,11,13H,5-10H2,1H3,(H,18,20)/t13-/m1/s1. The maximum atomic E-state index is 12.3. The SMILES string of the molecule is C[C@@H]1CCS(=O)(=O)CCN1C(=O)NCCc1cccc(C#N)c1. The molecule has 0 unspecified atom stereocenters. The maximum Gasteiger partial charge on any atom is 0.317 e. The number of nitriles is 1. The van der Waals surface area contributed by atoms with E-state index in [0.29, 0.717) is 24.9 Å². The van der Waals surface area contributed by atoms with Crippen LogP contribution in [0.4, 0.5) is 4.79 Å². The summed E-state index contributed by atoms with van der Waals surface area (Å²) in [5.74, 6) is 0.161. The van der Waals surface area contributed by atoms with Crippen molar-refractivity contribution < 1.29 is 13.2 Å². The highest BCUT2D eigenvalue weighted by molar-refractivity contribution is 7.91. The summed E-state index contributed by atoms with van der Waals surface area (Å²) in [6.07, 6.45) is 1.10. The summed E-state index contributed by atoms with van der Waals surface area (Å²) in [7, 11) is -3.04. The Balaban J connectivity index is 1.87. The number of sulfone groups is 1. The Bertz CT molecular complexity index is 710. The van der Waals surface area contributed by atoms with Crippen LogP contribution in [0.1, 0.15) is 24.5 Å². The molecule has 0 radical (unpaired) electrons. The first kappa shape index (κ1) is 17.3.